The molecule has 1 heterocycles. The zero-order valence-electron chi connectivity index (χ0n) is 13.9. The van der Waals surface area contributed by atoms with Gasteiger partial charge in [0, 0.05) is 43.9 Å². The van der Waals surface area contributed by atoms with E-state index in [0.717, 1.165) is 37.7 Å². The van der Waals surface area contributed by atoms with Gasteiger partial charge < -0.3 is 14.8 Å². The highest BCUT2D eigenvalue weighted by atomic mass is 16.5. The van der Waals surface area contributed by atoms with E-state index >= 15 is 0 Å². The molecule has 1 aliphatic heterocycles. The summed E-state index contributed by atoms with van der Waals surface area (Å²) in [7, 11) is 3.40. The highest BCUT2D eigenvalue weighted by Gasteiger charge is 2.29. The molecule has 0 amide bonds. The van der Waals surface area contributed by atoms with E-state index in [1.54, 1.807) is 14.2 Å². The van der Waals surface area contributed by atoms with Gasteiger partial charge in [-0.25, -0.2) is 0 Å². The van der Waals surface area contributed by atoms with Crippen LogP contribution in [0.25, 0.3) is 0 Å². The van der Waals surface area contributed by atoms with Crippen molar-refractivity contribution in [3.05, 3.63) is 23.8 Å². The topological polar surface area (TPSA) is 33.7 Å². The molecular formula is C17H28N2O2. The van der Waals surface area contributed by atoms with Crippen molar-refractivity contribution in [2.75, 3.05) is 33.9 Å². The van der Waals surface area contributed by atoms with Crippen molar-refractivity contribution in [2.45, 2.75) is 33.4 Å². The Kier molecular flexibility index (Phi) is 5.12. The molecule has 0 saturated carbocycles. The Hall–Kier alpha value is -1.26. The molecule has 1 N–H and O–H groups in total. The summed E-state index contributed by atoms with van der Waals surface area (Å²) in [6, 6.07) is 6.58. The fraction of sp³-hybridized carbons (Fsp3) is 0.647. The Morgan fingerprint density at radius 1 is 1.24 bits per heavy atom. The molecule has 1 fully saturated rings. The Morgan fingerprint density at radius 3 is 2.62 bits per heavy atom. The molecule has 118 valence electrons. The zero-order valence-corrected chi connectivity index (χ0v) is 13.9. The first-order chi connectivity index (χ1) is 9.94. The van der Waals surface area contributed by atoms with Crippen LogP contribution in [0, 0.1) is 5.41 Å². The van der Waals surface area contributed by atoms with Gasteiger partial charge >= 0.3 is 0 Å². The van der Waals surface area contributed by atoms with E-state index in [-0.39, 0.29) is 5.41 Å². The lowest BCUT2D eigenvalue weighted by atomic mass is 9.85. The monoisotopic (exact) mass is 292 g/mol. The van der Waals surface area contributed by atoms with Crippen molar-refractivity contribution in [1.29, 1.82) is 0 Å². The maximum absolute atomic E-state index is 5.50. The SMILES string of the molecule is COc1ccc(CN2CCNC(C(C)(C)C)C2)c(OC)c1. The van der Waals surface area contributed by atoms with E-state index in [0.29, 0.717) is 6.04 Å². The molecule has 2 rings (SSSR count). The quantitative estimate of drug-likeness (QED) is 0.924. The number of ether oxygens (including phenoxy) is 2. The molecule has 1 aromatic carbocycles. The summed E-state index contributed by atoms with van der Waals surface area (Å²) in [6.45, 7) is 11.0. The smallest absolute Gasteiger partial charge is 0.127 e. The first-order valence-electron chi connectivity index (χ1n) is 7.60. The van der Waals surface area contributed by atoms with Crippen LogP contribution in [0.2, 0.25) is 0 Å². The van der Waals surface area contributed by atoms with Gasteiger partial charge in [0.1, 0.15) is 11.5 Å². The first-order valence-corrected chi connectivity index (χ1v) is 7.60. The molecule has 1 saturated heterocycles. The van der Waals surface area contributed by atoms with Crippen LogP contribution in [0.15, 0.2) is 18.2 Å². The number of nitrogens with one attached hydrogen (secondary N) is 1. The van der Waals surface area contributed by atoms with E-state index in [1.165, 1.54) is 5.56 Å². The van der Waals surface area contributed by atoms with Crippen molar-refractivity contribution in [3.63, 3.8) is 0 Å². The molecule has 1 aliphatic rings. The molecular weight excluding hydrogens is 264 g/mol. The third-order valence-corrected chi connectivity index (χ3v) is 4.19. The minimum Gasteiger partial charge on any atom is -0.497 e. The van der Waals surface area contributed by atoms with E-state index in [2.05, 4.69) is 37.1 Å². The molecule has 21 heavy (non-hydrogen) atoms. The highest BCUT2D eigenvalue weighted by molar-refractivity contribution is 5.40. The lowest BCUT2D eigenvalue weighted by Gasteiger charge is -2.40. The van der Waals surface area contributed by atoms with Gasteiger partial charge in [0.25, 0.3) is 0 Å². The standard InChI is InChI=1S/C17H28N2O2/c1-17(2,3)16-12-19(9-8-18-16)11-13-6-7-14(20-4)10-15(13)21-5/h6-7,10,16,18H,8-9,11-12H2,1-5H3. The second-order valence-corrected chi connectivity index (χ2v) is 6.79. The van der Waals surface area contributed by atoms with Crippen LogP contribution in [0.5, 0.6) is 11.5 Å². The molecule has 0 spiro atoms. The van der Waals surface area contributed by atoms with Gasteiger partial charge in [-0.1, -0.05) is 26.8 Å². The number of benzene rings is 1. The van der Waals surface area contributed by atoms with Crippen molar-refractivity contribution >= 4 is 0 Å². The van der Waals surface area contributed by atoms with Crippen LogP contribution in [-0.4, -0.2) is 44.8 Å². The predicted molar refractivity (Wildman–Crippen MR) is 86.1 cm³/mol. The average molecular weight is 292 g/mol. The Bertz CT molecular complexity index is 468. The molecule has 0 aliphatic carbocycles. The van der Waals surface area contributed by atoms with E-state index in [1.807, 2.05) is 12.1 Å². The summed E-state index contributed by atoms with van der Waals surface area (Å²) >= 11 is 0. The zero-order chi connectivity index (χ0) is 15.5. The highest BCUT2D eigenvalue weighted by Crippen LogP contribution is 2.27. The largest absolute Gasteiger partial charge is 0.497 e. The van der Waals surface area contributed by atoms with Gasteiger partial charge in [-0.05, 0) is 11.5 Å². The maximum Gasteiger partial charge on any atom is 0.127 e. The second kappa shape index (κ2) is 6.67. The van der Waals surface area contributed by atoms with Gasteiger partial charge in [-0.2, -0.15) is 0 Å². The van der Waals surface area contributed by atoms with Crippen LogP contribution >= 0.6 is 0 Å². The minimum atomic E-state index is 0.280. The fourth-order valence-corrected chi connectivity index (χ4v) is 2.76. The summed E-state index contributed by atoms with van der Waals surface area (Å²) in [6.07, 6.45) is 0. The molecule has 0 aromatic heterocycles. The van der Waals surface area contributed by atoms with E-state index in [4.69, 9.17) is 9.47 Å². The first kappa shape index (κ1) is 16.1. The molecule has 1 unspecified atom stereocenters. The molecule has 4 heteroatoms. The Morgan fingerprint density at radius 2 is 2.00 bits per heavy atom. The number of piperazine rings is 1. The van der Waals surface area contributed by atoms with Gasteiger partial charge in [-0.15, -0.1) is 0 Å². The van der Waals surface area contributed by atoms with Gasteiger partial charge in [-0.3, -0.25) is 4.90 Å². The number of nitrogens with zero attached hydrogens (tertiary/aromatic N) is 1. The van der Waals surface area contributed by atoms with Crippen molar-refractivity contribution in [1.82, 2.24) is 10.2 Å². The minimum absolute atomic E-state index is 0.280. The number of hydrogen-bond acceptors (Lipinski definition) is 4. The summed E-state index contributed by atoms with van der Waals surface area (Å²) in [5.74, 6) is 1.74. The third kappa shape index (κ3) is 4.11. The Labute approximate surface area is 128 Å². The summed E-state index contributed by atoms with van der Waals surface area (Å²) < 4.78 is 10.8. The van der Waals surface area contributed by atoms with Crippen LogP contribution in [0.1, 0.15) is 26.3 Å². The summed E-state index contributed by atoms with van der Waals surface area (Å²) in [4.78, 5) is 2.50. The van der Waals surface area contributed by atoms with Crippen LogP contribution < -0.4 is 14.8 Å². The van der Waals surface area contributed by atoms with Crippen LogP contribution in [0.3, 0.4) is 0 Å². The van der Waals surface area contributed by atoms with Crippen molar-refractivity contribution < 1.29 is 9.47 Å². The lowest BCUT2D eigenvalue weighted by molar-refractivity contribution is 0.128. The molecule has 4 nitrogen and oxygen atoms in total. The number of hydrogen-bond donors (Lipinski definition) is 1. The third-order valence-electron chi connectivity index (χ3n) is 4.19. The Balaban J connectivity index is 2.07. The van der Waals surface area contributed by atoms with Gasteiger partial charge in [0.15, 0.2) is 0 Å². The number of methoxy groups -OCH3 is 2. The second-order valence-electron chi connectivity index (χ2n) is 6.79. The van der Waals surface area contributed by atoms with E-state index in [9.17, 15) is 0 Å². The van der Waals surface area contributed by atoms with Gasteiger partial charge in [0.05, 0.1) is 14.2 Å². The van der Waals surface area contributed by atoms with Crippen molar-refractivity contribution in [2.24, 2.45) is 5.41 Å². The average Bonchev–Trinajstić information content (AvgIpc) is 2.47. The summed E-state index contributed by atoms with van der Waals surface area (Å²) in [5, 5.41) is 3.63. The van der Waals surface area contributed by atoms with Gasteiger partial charge in [0.2, 0.25) is 0 Å². The summed E-state index contributed by atoms with van der Waals surface area (Å²) in [5.41, 5.74) is 1.50. The number of rotatable bonds is 4. The fourth-order valence-electron chi connectivity index (χ4n) is 2.76. The maximum atomic E-state index is 5.50. The molecule has 0 bridgehead atoms. The van der Waals surface area contributed by atoms with E-state index < -0.39 is 0 Å². The van der Waals surface area contributed by atoms with Crippen LogP contribution in [0.4, 0.5) is 0 Å². The van der Waals surface area contributed by atoms with Crippen LogP contribution in [-0.2, 0) is 6.54 Å². The predicted octanol–water partition coefficient (Wildman–Crippen LogP) is 2.52. The molecule has 0 radical (unpaired) electrons. The normalized spacial score (nSPS) is 20.3. The lowest BCUT2D eigenvalue weighted by Crippen LogP contribution is -2.55. The molecule has 1 atom stereocenters. The molecule has 1 aromatic rings. The van der Waals surface area contributed by atoms with Crippen molar-refractivity contribution in [3.8, 4) is 11.5 Å².